The molecule has 0 bridgehead atoms. The van der Waals surface area contributed by atoms with Gasteiger partial charge in [0, 0.05) is 17.8 Å². The summed E-state index contributed by atoms with van der Waals surface area (Å²) in [6.45, 7) is 1.48. The van der Waals surface area contributed by atoms with Crippen LogP contribution in [0.25, 0.3) is 0 Å². The van der Waals surface area contributed by atoms with Gasteiger partial charge in [0.05, 0.1) is 11.3 Å². The number of ether oxygens (including phenoxy) is 1. The zero-order valence-corrected chi connectivity index (χ0v) is 13.0. The Bertz CT molecular complexity index is 756. The van der Waals surface area contributed by atoms with E-state index in [1.807, 2.05) is 31.2 Å². The number of nitro groups is 1. The summed E-state index contributed by atoms with van der Waals surface area (Å²) in [5.74, 6) is -1.01. The van der Waals surface area contributed by atoms with Crippen LogP contribution in [0.15, 0.2) is 48.5 Å². The van der Waals surface area contributed by atoms with Gasteiger partial charge in [-0.1, -0.05) is 24.3 Å². The van der Waals surface area contributed by atoms with Gasteiger partial charge in [-0.2, -0.15) is 0 Å². The number of nitrogens with one attached hydrogen (secondary N) is 1. The Balaban J connectivity index is 1.81. The maximum absolute atomic E-state index is 11.8. The number of aryl methyl sites for hydroxylation is 1. The van der Waals surface area contributed by atoms with Gasteiger partial charge in [-0.3, -0.25) is 19.7 Å². The molecule has 0 saturated carbocycles. The molecule has 0 unspecified atom stereocenters. The summed E-state index contributed by atoms with van der Waals surface area (Å²) in [6.07, 6.45) is 0.0947. The summed E-state index contributed by atoms with van der Waals surface area (Å²) in [5.41, 5.74) is 2.14. The van der Waals surface area contributed by atoms with Crippen molar-refractivity contribution in [3.63, 3.8) is 0 Å². The smallest absolute Gasteiger partial charge is 0.310 e. The molecule has 2 aromatic rings. The molecule has 0 radical (unpaired) electrons. The predicted molar refractivity (Wildman–Crippen MR) is 87.6 cm³/mol. The molecule has 0 spiro atoms. The molecule has 7 nitrogen and oxygen atoms in total. The highest BCUT2D eigenvalue weighted by Crippen LogP contribution is 2.15. The fourth-order valence-electron chi connectivity index (χ4n) is 2.02. The number of esters is 1. The number of amides is 1. The first kappa shape index (κ1) is 17.1. The molecule has 0 aliphatic carbocycles. The molecule has 7 heteroatoms. The minimum atomic E-state index is -0.529. The third kappa shape index (κ3) is 4.91. The Morgan fingerprint density at radius 1 is 1.12 bits per heavy atom. The highest BCUT2D eigenvalue weighted by molar-refractivity contribution is 5.93. The summed E-state index contributed by atoms with van der Waals surface area (Å²) < 4.78 is 4.94. The van der Waals surface area contributed by atoms with E-state index in [0.717, 1.165) is 11.1 Å². The van der Waals surface area contributed by atoms with Crippen molar-refractivity contribution >= 4 is 23.3 Å². The Kier molecular flexibility index (Phi) is 5.62. The minimum absolute atomic E-state index is 0.0716. The standard InChI is InChI=1S/C17H16N2O5/c1-12-4-2-3-5-13(12)10-17(21)24-11-16(20)18-14-6-8-15(9-7-14)19(22)23/h2-9H,10-11H2,1H3,(H,18,20). The van der Waals surface area contributed by atoms with Crippen LogP contribution in [0, 0.1) is 17.0 Å². The molecular formula is C17H16N2O5. The molecule has 0 fully saturated rings. The van der Waals surface area contributed by atoms with E-state index in [4.69, 9.17) is 4.74 Å². The molecule has 124 valence electrons. The first-order chi connectivity index (χ1) is 11.5. The SMILES string of the molecule is Cc1ccccc1CC(=O)OCC(=O)Nc1ccc([N+](=O)[O-])cc1. The summed E-state index contributed by atoms with van der Waals surface area (Å²) in [4.78, 5) is 33.5. The van der Waals surface area contributed by atoms with Gasteiger partial charge in [0.2, 0.25) is 0 Å². The van der Waals surface area contributed by atoms with E-state index in [1.54, 1.807) is 0 Å². The zero-order chi connectivity index (χ0) is 17.5. The van der Waals surface area contributed by atoms with E-state index in [9.17, 15) is 19.7 Å². The average Bonchev–Trinajstić information content (AvgIpc) is 2.55. The van der Waals surface area contributed by atoms with Crippen LogP contribution in [0.2, 0.25) is 0 Å². The number of anilines is 1. The van der Waals surface area contributed by atoms with Gasteiger partial charge >= 0.3 is 5.97 Å². The molecule has 0 heterocycles. The second kappa shape index (κ2) is 7.87. The number of carbonyl (C=O) groups excluding carboxylic acids is 2. The van der Waals surface area contributed by atoms with Crippen LogP contribution in [-0.4, -0.2) is 23.4 Å². The van der Waals surface area contributed by atoms with Crippen molar-refractivity contribution < 1.29 is 19.2 Å². The van der Waals surface area contributed by atoms with Crippen molar-refractivity contribution in [1.29, 1.82) is 0 Å². The van der Waals surface area contributed by atoms with E-state index in [-0.39, 0.29) is 12.1 Å². The van der Waals surface area contributed by atoms with Gasteiger partial charge in [-0.05, 0) is 30.2 Å². The Labute approximate surface area is 138 Å². The molecule has 0 atom stereocenters. The molecule has 1 amide bonds. The van der Waals surface area contributed by atoms with Gasteiger partial charge in [0.1, 0.15) is 0 Å². The Morgan fingerprint density at radius 2 is 1.79 bits per heavy atom. The van der Waals surface area contributed by atoms with E-state index in [0.29, 0.717) is 5.69 Å². The van der Waals surface area contributed by atoms with Crippen LogP contribution >= 0.6 is 0 Å². The first-order valence-electron chi connectivity index (χ1n) is 7.20. The lowest BCUT2D eigenvalue weighted by Gasteiger charge is -2.08. The van der Waals surface area contributed by atoms with Crippen LogP contribution in [-0.2, 0) is 20.7 Å². The monoisotopic (exact) mass is 328 g/mol. The van der Waals surface area contributed by atoms with Crippen molar-refractivity contribution in [3.8, 4) is 0 Å². The number of carbonyl (C=O) groups is 2. The maximum Gasteiger partial charge on any atom is 0.310 e. The fraction of sp³-hybridized carbons (Fsp3) is 0.176. The van der Waals surface area contributed by atoms with Crippen LogP contribution in [0.4, 0.5) is 11.4 Å². The lowest BCUT2D eigenvalue weighted by molar-refractivity contribution is -0.384. The molecule has 0 aliphatic rings. The quantitative estimate of drug-likeness (QED) is 0.499. The van der Waals surface area contributed by atoms with Crippen molar-refractivity contribution in [2.24, 2.45) is 0 Å². The van der Waals surface area contributed by atoms with Gasteiger partial charge in [0.15, 0.2) is 6.61 Å². The molecule has 0 aliphatic heterocycles. The molecule has 1 N–H and O–H groups in total. The van der Waals surface area contributed by atoms with Gasteiger partial charge in [-0.15, -0.1) is 0 Å². The van der Waals surface area contributed by atoms with E-state index >= 15 is 0 Å². The Morgan fingerprint density at radius 3 is 2.42 bits per heavy atom. The lowest BCUT2D eigenvalue weighted by Crippen LogP contribution is -2.21. The fourth-order valence-corrected chi connectivity index (χ4v) is 2.02. The maximum atomic E-state index is 11.8. The summed E-state index contributed by atoms with van der Waals surface area (Å²) in [7, 11) is 0. The summed E-state index contributed by atoms with van der Waals surface area (Å²) in [5, 5.41) is 13.0. The number of hydrogen-bond acceptors (Lipinski definition) is 5. The van der Waals surface area contributed by atoms with Crippen molar-refractivity contribution in [2.45, 2.75) is 13.3 Å². The number of nitro benzene ring substituents is 1. The van der Waals surface area contributed by atoms with Gasteiger partial charge in [0.25, 0.3) is 11.6 Å². The largest absolute Gasteiger partial charge is 0.455 e. The highest BCUT2D eigenvalue weighted by atomic mass is 16.6. The summed E-state index contributed by atoms with van der Waals surface area (Å²) >= 11 is 0. The molecule has 2 aromatic carbocycles. The Hall–Kier alpha value is -3.22. The summed E-state index contributed by atoms with van der Waals surface area (Å²) in [6, 6.07) is 12.8. The average molecular weight is 328 g/mol. The van der Waals surface area contributed by atoms with Gasteiger partial charge in [-0.25, -0.2) is 0 Å². The third-order valence-electron chi connectivity index (χ3n) is 3.32. The number of nitrogens with zero attached hydrogens (tertiary/aromatic N) is 1. The number of benzene rings is 2. The lowest BCUT2D eigenvalue weighted by atomic mass is 10.1. The first-order valence-corrected chi connectivity index (χ1v) is 7.20. The van der Waals surface area contributed by atoms with E-state index in [2.05, 4.69) is 5.32 Å². The molecular weight excluding hydrogens is 312 g/mol. The number of rotatable bonds is 6. The third-order valence-corrected chi connectivity index (χ3v) is 3.32. The van der Waals surface area contributed by atoms with Crippen LogP contribution in [0.3, 0.4) is 0 Å². The van der Waals surface area contributed by atoms with E-state index < -0.39 is 23.4 Å². The van der Waals surface area contributed by atoms with Crippen LogP contribution < -0.4 is 5.32 Å². The zero-order valence-electron chi connectivity index (χ0n) is 13.0. The normalized spacial score (nSPS) is 10.0. The van der Waals surface area contributed by atoms with Crippen molar-refractivity contribution in [1.82, 2.24) is 0 Å². The van der Waals surface area contributed by atoms with Crippen molar-refractivity contribution in [2.75, 3.05) is 11.9 Å². The topological polar surface area (TPSA) is 98.5 Å². The molecule has 2 rings (SSSR count). The van der Waals surface area contributed by atoms with E-state index in [1.165, 1.54) is 24.3 Å². The number of non-ortho nitro benzene ring substituents is 1. The second-order valence-electron chi connectivity index (χ2n) is 5.12. The van der Waals surface area contributed by atoms with Crippen LogP contribution in [0.5, 0.6) is 0 Å². The van der Waals surface area contributed by atoms with Crippen LogP contribution in [0.1, 0.15) is 11.1 Å². The number of hydrogen-bond donors (Lipinski definition) is 1. The molecule has 0 aromatic heterocycles. The second-order valence-corrected chi connectivity index (χ2v) is 5.12. The van der Waals surface area contributed by atoms with Crippen molar-refractivity contribution in [3.05, 3.63) is 69.8 Å². The van der Waals surface area contributed by atoms with Gasteiger partial charge < -0.3 is 10.1 Å². The minimum Gasteiger partial charge on any atom is -0.455 e. The molecule has 24 heavy (non-hydrogen) atoms. The highest BCUT2D eigenvalue weighted by Gasteiger charge is 2.11. The predicted octanol–water partition coefficient (Wildman–Crippen LogP) is 2.63. The molecule has 0 saturated heterocycles.